The molecule has 2 aromatic rings. The Morgan fingerprint density at radius 2 is 1.94 bits per heavy atom. The number of halogens is 1. The van der Waals surface area contributed by atoms with Crippen LogP contribution >= 0.6 is 0 Å². The fraction of sp³-hybridized carbons (Fsp3) is 0. The molecule has 1 aromatic carbocycles. The van der Waals surface area contributed by atoms with Crippen molar-refractivity contribution in [3.63, 3.8) is 0 Å². The molecule has 0 amide bonds. The van der Waals surface area contributed by atoms with Gasteiger partial charge in [0.15, 0.2) is 0 Å². The number of anilines is 4. The van der Waals surface area contributed by atoms with E-state index in [2.05, 4.69) is 10.3 Å². The van der Waals surface area contributed by atoms with Crippen molar-refractivity contribution in [3.05, 3.63) is 42.2 Å². The van der Waals surface area contributed by atoms with E-state index in [4.69, 9.17) is 11.5 Å². The minimum Gasteiger partial charge on any atom is -0.396 e. The third-order valence-corrected chi connectivity index (χ3v) is 2.05. The predicted octanol–water partition coefficient (Wildman–Crippen LogP) is 2.13. The molecule has 0 bridgehead atoms. The van der Waals surface area contributed by atoms with Crippen molar-refractivity contribution in [2.24, 2.45) is 0 Å². The molecule has 82 valence electrons. The molecule has 4 nitrogen and oxygen atoms in total. The molecule has 0 aliphatic carbocycles. The van der Waals surface area contributed by atoms with Crippen LogP contribution in [0.3, 0.4) is 0 Å². The van der Waals surface area contributed by atoms with Crippen LogP contribution in [0.25, 0.3) is 0 Å². The van der Waals surface area contributed by atoms with E-state index in [1.54, 1.807) is 24.3 Å². The summed E-state index contributed by atoms with van der Waals surface area (Å²) >= 11 is 0. The smallest absolute Gasteiger partial charge is 0.149 e. The average Bonchev–Trinajstić information content (AvgIpc) is 2.24. The van der Waals surface area contributed by atoms with Gasteiger partial charge < -0.3 is 16.8 Å². The fourth-order valence-electron chi connectivity index (χ4n) is 1.27. The van der Waals surface area contributed by atoms with Crippen LogP contribution in [0.5, 0.6) is 0 Å². The zero-order chi connectivity index (χ0) is 11.5. The Kier molecular flexibility index (Phi) is 2.59. The summed E-state index contributed by atoms with van der Waals surface area (Å²) in [4.78, 5) is 4.02. The molecule has 0 fully saturated rings. The highest BCUT2D eigenvalue weighted by atomic mass is 19.1. The lowest BCUT2D eigenvalue weighted by molar-refractivity contribution is 0.628. The summed E-state index contributed by atoms with van der Waals surface area (Å²) in [6, 6.07) is 9.40. The molecule has 0 atom stereocenters. The number of nitrogens with zero attached hydrogens (tertiary/aromatic N) is 1. The summed E-state index contributed by atoms with van der Waals surface area (Å²) in [6.07, 6.45) is 0. The van der Waals surface area contributed by atoms with Crippen LogP contribution in [0.2, 0.25) is 0 Å². The number of pyridine rings is 1. The summed E-state index contributed by atoms with van der Waals surface area (Å²) in [5, 5.41) is 2.93. The maximum absolute atomic E-state index is 12.9. The van der Waals surface area contributed by atoms with E-state index in [-0.39, 0.29) is 11.6 Å². The predicted molar refractivity (Wildman–Crippen MR) is 62.7 cm³/mol. The van der Waals surface area contributed by atoms with Gasteiger partial charge in [0.1, 0.15) is 17.5 Å². The van der Waals surface area contributed by atoms with Crippen LogP contribution < -0.4 is 16.8 Å². The second kappa shape index (κ2) is 4.06. The van der Waals surface area contributed by atoms with Gasteiger partial charge in [-0.15, -0.1) is 0 Å². The van der Waals surface area contributed by atoms with Crippen molar-refractivity contribution in [2.45, 2.75) is 0 Å². The van der Waals surface area contributed by atoms with Gasteiger partial charge in [0.2, 0.25) is 0 Å². The molecule has 0 spiro atoms. The zero-order valence-electron chi connectivity index (χ0n) is 8.44. The zero-order valence-corrected chi connectivity index (χ0v) is 8.44. The minimum absolute atomic E-state index is 0.251. The Morgan fingerprint density at radius 3 is 2.62 bits per heavy atom. The van der Waals surface area contributed by atoms with Gasteiger partial charge >= 0.3 is 0 Å². The second-order valence-electron chi connectivity index (χ2n) is 3.31. The first-order chi connectivity index (χ1) is 7.65. The monoisotopic (exact) mass is 218 g/mol. The van der Waals surface area contributed by atoms with Crippen molar-refractivity contribution in [3.8, 4) is 0 Å². The summed E-state index contributed by atoms with van der Waals surface area (Å²) < 4.78 is 12.9. The molecule has 0 aliphatic heterocycles. The van der Waals surface area contributed by atoms with Gasteiger partial charge in [-0.25, -0.2) is 9.37 Å². The van der Waals surface area contributed by atoms with Crippen LogP contribution in [0, 0.1) is 5.82 Å². The van der Waals surface area contributed by atoms with Crippen LogP contribution in [-0.4, -0.2) is 4.98 Å². The van der Waals surface area contributed by atoms with Gasteiger partial charge in [-0.3, -0.25) is 0 Å². The summed E-state index contributed by atoms with van der Waals surface area (Å²) in [5.41, 5.74) is 12.1. The minimum atomic E-state index is -0.312. The van der Waals surface area contributed by atoms with Crippen LogP contribution in [0.4, 0.5) is 27.4 Å². The van der Waals surface area contributed by atoms with Gasteiger partial charge in [-0.2, -0.15) is 0 Å². The molecular weight excluding hydrogens is 207 g/mol. The molecule has 0 saturated heterocycles. The summed E-state index contributed by atoms with van der Waals surface area (Å²) in [5.74, 6) is 0.465. The Bertz CT molecular complexity index is 513. The first-order valence-corrected chi connectivity index (χ1v) is 4.70. The Balaban J connectivity index is 2.24. The summed E-state index contributed by atoms with van der Waals surface area (Å²) in [7, 11) is 0. The topological polar surface area (TPSA) is 77.0 Å². The van der Waals surface area contributed by atoms with Crippen molar-refractivity contribution in [2.75, 3.05) is 16.8 Å². The number of hydrogen-bond donors (Lipinski definition) is 3. The van der Waals surface area contributed by atoms with E-state index >= 15 is 0 Å². The molecule has 16 heavy (non-hydrogen) atoms. The quantitative estimate of drug-likeness (QED) is 0.721. The number of nitrogens with two attached hydrogens (primary N) is 2. The molecular formula is C11H11FN4. The van der Waals surface area contributed by atoms with Gasteiger partial charge in [-0.1, -0.05) is 6.07 Å². The number of nitrogen functional groups attached to an aromatic ring is 2. The summed E-state index contributed by atoms with van der Waals surface area (Å²) in [6.45, 7) is 0. The molecule has 2 rings (SSSR count). The van der Waals surface area contributed by atoms with Gasteiger partial charge in [0.25, 0.3) is 0 Å². The van der Waals surface area contributed by atoms with Crippen molar-refractivity contribution in [1.29, 1.82) is 0 Å². The maximum atomic E-state index is 12.9. The highest BCUT2D eigenvalue weighted by Gasteiger charge is 2.00. The Morgan fingerprint density at radius 1 is 1.12 bits per heavy atom. The van der Waals surface area contributed by atoms with Crippen molar-refractivity contribution < 1.29 is 4.39 Å². The van der Waals surface area contributed by atoms with E-state index < -0.39 is 0 Å². The highest BCUT2D eigenvalue weighted by Crippen LogP contribution is 2.19. The fourth-order valence-corrected chi connectivity index (χ4v) is 1.27. The molecule has 5 N–H and O–H groups in total. The Labute approximate surface area is 92.1 Å². The number of rotatable bonds is 2. The number of aromatic nitrogens is 1. The van der Waals surface area contributed by atoms with Gasteiger partial charge in [-0.05, 0) is 30.3 Å². The molecule has 0 saturated carbocycles. The highest BCUT2D eigenvalue weighted by molar-refractivity contribution is 5.65. The van der Waals surface area contributed by atoms with E-state index in [9.17, 15) is 4.39 Å². The maximum Gasteiger partial charge on any atom is 0.149 e. The lowest BCUT2D eigenvalue weighted by Crippen LogP contribution is -2.01. The normalized spacial score (nSPS) is 10.1. The molecule has 0 unspecified atom stereocenters. The Hall–Kier alpha value is -2.30. The van der Waals surface area contributed by atoms with Crippen LogP contribution in [-0.2, 0) is 0 Å². The van der Waals surface area contributed by atoms with Crippen molar-refractivity contribution in [1.82, 2.24) is 4.98 Å². The third kappa shape index (κ3) is 2.20. The molecule has 0 radical (unpaired) electrons. The van der Waals surface area contributed by atoms with E-state index in [1.165, 1.54) is 12.1 Å². The number of benzene rings is 1. The van der Waals surface area contributed by atoms with Crippen LogP contribution in [0.15, 0.2) is 36.4 Å². The second-order valence-corrected chi connectivity index (χ2v) is 3.31. The van der Waals surface area contributed by atoms with E-state index in [0.29, 0.717) is 17.2 Å². The molecule has 1 aromatic heterocycles. The van der Waals surface area contributed by atoms with E-state index in [1.807, 2.05) is 0 Å². The largest absolute Gasteiger partial charge is 0.396 e. The number of nitrogens with one attached hydrogen (secondary N) is 1. The first kappa shape index (κ1) is 10.2. The lowest BCUT2D eigenvalue weighted by Gasteiger charge is -2.07. The van der Waals surface area contributed by atoms with Gasteiger partial charge in [0.05, 0.1) is 5.69 Å². The van der Waals surface area contributed by atoms with Crippen LogP contribution in [0.1, 0.15) is 0 Å². The molecule has 5 heteroatoms. The lowest BCUT2D eigenvalue weighted by atomic mass is 10.3. The third-order valence-electron chi connectivity index (χ3n) is 2.05. The first-order valence-electron chi connectivity index (χ1n) is 4.70. The molecule has 0 aliphatic rings. The number of hydrogen-bond acceptors (Lipinski definition) is 4. The SMILES string of the molecule is Nc1ccc(Nc2cccc(F)c2)nc1N. The molecule has 1 heterocycles. The van der Waals surface area contributed by atoms with Crippen molar-refractivity contribution >= 4 is 23.0 Å². The standard InChI is InChI=1S/C11H11FN4/c12-7-2-1-3-8(6-7)15-10-5-4-9(13)11(14)16-10/h1-6H,13H2,(H3,14,15,16). The van der Waals surface area contributed by atoms with E-state index in [0.717, 1.165) is 0 Å². The average molecular weight is 218 g/mol. The van der Waals surface area contributed by atoms with Gasteiger partial charge in [0, 0.05) is 5.69 Å².